The van der Waals surface area contributed by atoms with Crippen molar-refractivity contribution in [3.63, 3.8) is 0 Å². The molecule has 1 saturated heterocycles. The predicted octanol–water partition coefficient (Wildman–Crippen LogP) is 2.52. The van der Waals surface area contributed by atoms with Gasteiger partial charge in [-0.15, -0.1) is 0 Å². The lowest BCUT2D eigenvalue weighted by Gasteiger charge is -2.18. The zero-order valence-electron chi connectivity index (χ0n) is 14.8. The van der Waals surface area contributed by atoms with Gasteiger partial charge >= 0.3 is 5.97 Å². The van der Waals surface area contributed by atoms with Gasteiger partial charge in [-0.05, 0) is 24.6 Å². The van der Waals surface area contributed by atoms with E-state index in [9.17, 15) is 24.5 Å². The van der Waals surface area contributed by atoms with Crippen LogP contribution in [0.2, 0.25) is 0 Å². The highest BCUT2D eigenvalue weighted by atomic mass is 16.6. The number of non-ortho nitro benzene ring substituents is 1. The van der Waals surface area contributed by atoms with Gasteiger partial charge in [-0.3, -0.25) is 19.7 Å². The number of ether oxygens (including phenoxy) is 1. The number of nitro benzene ring substituents is 1. The molecule has 1 N–H and O–H groups in total. The Bertz CT molecular complexity index is 943. The van der Waals surface area contributed by atoms with Crippen LogP contribution in [0.1, 0.15) is 23.2 Å². The number of carbonyl (C=O) groups is 3. The number of amides is 2. The molecular formula is C19H17N3O6. The van der Waals surface area contributed by atoms with Crippen molar-refractivity contribution >= 4 is 34.8 Å². The molecule has 1 aliphatic heterocycles. The molecule has 3 rings (SSSR count). The summed E-state index contributed by atoms with van der Waals surface area (Å²) in [6.07, 6.45) is 1.14. The first-order valence-electron chi connectivity index (χ1n) is 8.56. The highest BCUT2D eigenvalue weighted by Crippen LogP contribution is 2.26. The molecule has 9 heteroatoms. The van der Waals surface area contributed by atoms with E-state index in [1.54, 1.807) is 18.2 Å². The largest absolute Gasteiger partial charge is 0.452 e. The van der Waals surface area contributed by atoms with E-state index < -0.39 is 23.4 Å². The maximum Gasteiger partial charge on any atom is 0.340 e. The Balaban J connectivity index is 1.63. The fourth-order valence-electron chi connectivity index (χ4n) is 2.89. The molecule has 0 bridgehead atoms. The van der Waals surface area contributed by atoms with Gasteiger partial charge in [-0.2, -0.15) is 0 Å². The third-order valence-electron chi connectivity index (χ3n) is 4.16. The molecule has 1 aliphatic rings. The zero-order valence-corrected chi connectivity index (χ0v) is 14.8. The van der Waals surface area contributed by atoms with Gasteiger partial charge in [-0.1, -0.05) is 18.2 Å². The van der Waals surface area contributed by atoms with Crippen LogP contribution in [-0.4, -0.2) is 35.9 Å². The van der Waals surface area contributed by atoms with Gasteiger partial charge < -0.3 is 15.0 Å². The van der Waals surface area contributed by atoms with Gasteiger partial charge in [0.2, 0.25) is 5.91 Å². The molecular weight excluding hydrogens is 366 g/mol. The van der Waals surface area contributed by atoms with Crippen molar-refractivity contribution in [2.45, 2.75) is 12.8 Å². The van der Waals surface area contributed by atoms with Crippen molar-refractivity contribution in [1.82, 2.24) is 0 Å². The summed E-state index contributed by atoms with van der Waals surface area (Å²) in [5.74, 6) is -1.43. The van der Waals surface area contributed by atoms with Crippen molar-refractivity contribution in [2.24, 2.45) is 0 Å². The van der Waals surface area contributed by atoms with Crippen LogP contribution in [0.3, 0.4) is 0 Å². The lowest BCUT2D eigenvalue weighted by Crippen LogP contribution is -2.27. The Kier molecular flexibility index (Phi) is 5.64. The van der Waals surface area contributed by atoms with E-state index in [2.05, 4.69) is 5.32 Å². The Labute approximate surface area is 160 Å². The standard InChI is InChI=1S/C19H17N3O6/c23-17(20-13-5-3-6-14(11-13)22(26)27)12-28-19(25)15-7-1-2-8-16(15)21-10-4-9-18(21)24/h1-3,5-8,11H,4,9-10,12H2,(H,20,23). The van der Waals surface area contributed by atoms with Crippen LogP contribution >= 0.6 is 0 Å². The second-order valence-corrected chi connectivity index (χ2v) is 6.10. The fourth-order valence-corrected chi connectivity index (χ4v) is 2.89. The van der Waals surface area contributed by atoms with E-state index in [1.165, 1.54) is 35.2 Å². The summed E-state index contributed by atoms with van der Waals surface area (Å²) in [6.45, 7) is -0.0415. The first kappa shape index (κ1) is 19.0. The molecule has 0 radical (unpaired) electrons. The lowest BCUT2D eigenvalue weighted by molar-refractivity contribution is -0.384. The number of esters is 1. The Morgan fingerprint density at radius 3 is 2.68 bits per heavy atom. The number of nitrogens with zero attached hydrogens (tertiary/aromatic N) is 2. The lowest BCUT2D eigenvalue weighted by atomic mass is 10.1. The monoisotopic (exact) mass is 383 g/mol. The van der Waals surface area contributed by atoms with Gasteiger partial charge in [0.15, 0.2) is 6.61 Å². The molecule has 28 heavy (non-hydrogen) atoms. The number of hydrogen-bond acceptors (Lipinski definition) is 6. The van der Waals surface area contributed by atoms with Gasteiger partial charge in [0.05, 0.1) is 16.2 Å². The zero-order chi connectivity index (χ0) is 20.1. The van der Waals surface area contributed by atoms with Crippen LogP contribution in [0.15, 0.2) is 48.5 Å². The summed E-state index contributed by atoms with van der Waals surface area (Å²) < 4.78 is 5.05. The maximum atomic E-state index is 12.4. The highest BCUT2D eigenvalue weighted by Gasteiger charge is 2.26. The molecule has 0 atom stereocenters. The molecule has 2 amide bonds. The SMILES string of the molecule is O=C(COC(=O)c1ccccc1N1CCCC1=O)Nc1cccc([N+](=O)[O-])c1. The summed E-state index contributed by atoms with van der Waals surface area (Å²) in [5.41, 5.74) is 0.701. The minimum atomic E-state index is -0.732. The number of hydrogen-bond donors (Lipinski definition) is 1. The molecule has 9 nitrogen and oxygen atoms in total. The average Bonchev–Trinajstić information content (AvgIpc) is 3.12. The van der Waals surface area contributed by atoms with Crippen LogP contribution in [0.25, 0.3) is 0 Å². The minimum absolute atomic E-state index is 0.0661. The topological polar surface area (TPSA) is 119 Å². The third-order valence-corrected chi connectivity index (χ3v) is 4.16. The number of rotatable bonds is 6. The second-order valence-electron chi connectivity index (χ2n) is 6.10. The van der Waals surface area contributed by atoms with Crippen LogP contribution < -0.4 is 10.2 Å². The van der Waals surface area contributed by atoms with Crippen LogP contribution in [0.5, 0.6) is 0 Å². The van der Waals surface area contributed by atoms with E-state index in [0.29, 0.717) is 25.1 Å². The summed E-state index contributed by atoms with van der Waals surface area (Å²) in [7, 11) is 0. The van der Waals surface area contributed by atoms with Crippen LogP contribution in [0, 0.1) is 10.1 Å². The molecule has 0 spiro atoms. The molecule has 0 saturated carbocycles. The number of benzene rings is 2. The summed E-state index contributed by atoms with van der Waals surface area (Å²) >= 11 is 0. The number of nitro groups is 1. The Morgan fingerprint density at radius 2 is 1.96 bits per heavy atom. The Hall–Kier alpha value is -3.75. The molecule has 144 valence electrons. The van der Waals surface area contributed by atoms with E-state index >= 15 is 0 Å². The highest BCUT2D eigenvalue weighted by molar-refractivity contribution is 6.04. The normalized spacial score (nSPS) is 13.3. The van der Waals surface area contributed by atoms with E-state index in [0.717, 1.165) is 0 Å². The maximum absolute atomic E-state index is 12.4. The van der Waals surface area contributed by atoms with Gasteiger partial charge in [0.1, 0.15) is 0 Å². The molecule has 0 aromatic heterocycles. The van der Waals surface area contributed by atoms with Crippen molar-refractivity contribution < 1.29 is 24.0 Å². The summed E-state index contributed by atoms with van der Waals surface area (Å²) in [4.78, 5) is 48.1. The van der Waals surface area contributed by atoms with Gasteiger partial charge in [-0.25, -0.2) is 4.79 Å². The van der Waals surface area contributed by atoms with Crippen molar-refractivity contribution in [3.8, 4) is 0 Å². The summed E-state index contributed by atoms with van der Waals surface area (Å²) in [6, 6.07) is 12.0. The average molecular weight is 383 g/mol. The van der Waals surface area contributed by atoms with Crippen LogP contribution in [0.4, 0.5) is 17.1 Å². The third kappa shape index (κ3) is 4.32. The first-order chi connectivity index (χ1) is 13.5. The molecule has 1 heterocycles. The quantitative estimate of drug-likeness (QED) is 0.465. The predicted molar refractivity (Wildman–Crippen MR) is 100 cm³/mol. The Morgan fingerprint density at radius 1 is 1.18 bits per heavy atom. The van der Waals surface area contributed by atoms with E-state index in [4.69, 9.17) is 4.74 Å². The number of anilines is 2. The fraction of sp³-hybridized carbons (Fsp3) is 0.211. The number of carbonyl (C=O) groups excluding carboxylic acids is 3. The van der Waals surface area contributed by atoms with Crippen LogP contribution in [-0.2, 0) is 14.3 Å². The molecule has 0 unspecified atom stereocenters. The minimum Gasteiger partial charge on any atom is -0.452 e. The van der Waals surface area contributed by atoms with Gasteiger partial charge in [0, 0.05) is 30.8 Å². The van der Waals surface area contributed by atoms with Crippen molar-refractivity contribution in [3.05, 3.63) is 64.2 Å². The van der Waals surface area contributed by atoms with Crippen molar-refractivity contribution in [1.29, 1.82) is 0 Å². The van der Waals surface area contributed by atoms with E-state index in [1.807, 2.05) is 0 Å². The molecule has 2 aromatic carbocycles. The molecule has 1 fully saturated rings. The first-order valence-corrected chi connectivity index (χ1v) is 8.56. The number of nitrogens with one attached hydrogen (secondary N) is 1. The smallest absolute Gasteiger partial charge is 0.340 e. The molecule has 0 aliphatic carbocycles. The summed E-state index contributed by atoms with van der Waals surface area (Å²) in [5, 5.41) is 13.2. The second kappa shape index (κ2) is 8.30. The van der Waals surface area contributed by atoms with Gasteiger partial charge in [0.25, 0.3) is 11.6 Å². The molecule has 2 aromatic rings. The van der Waals surface area contributed by atoms with E-state index in [-0.39, 0.29) is 22.8 Å². The number of para-hydroxylation sites is 1. The van der Waals surface area contributed by atoms with Crippen molar-refractivity contribution in [2.75, 3.05) is 23.4 Å².